The fourth-order valence-electron chi connectivity index (χ4n) is 6.07. The molecule has 0 unspecified atom stereocenters. The number of aliphatic carboxylic acids is 1. The van der Waals surface area contributed by atoms with Gasteiger partial charge in [-0.05, 0) is 53.9 Å². The molecule has 13 heteroatoms. The minimum absolute atomic E-state index is 0.00341. The van der Waals surface area contributed by atoms with E-state index in [1.807, 2.05) is 60.7 Å². The van der Waals surface area contributed by atoms with Gasteiger partial charge in [-0.25, -0.2) is 9.59 Å². The fourth-order valence-corrected chi connectivity index (χ4v) is 6.26. The monoisotopic (exact) mass is 698 g/mol. The van der Waals surface area contributed by atoms with Crippen molar-refractivity contribution in [1.29, 1.82) is 0 Å². The first-order chi connectivity index (χ1) is 23.8. The van der Waals surface area contributed by atoms with Gasteiger partial charge in [0.2, 0.25) is 0 Å². The second-order valence-corrected chi connectivity index (χ2v) is 12.2. The average Bonchev–Trinajstić information content (AvgIpc) is 3.10. The number of hydrogen-bond donors (Lipinski definition) is 2. The molecular weight excluding hydrogens is 656 g/mol. The van der Waals surface area contributed by atoms with Gasteiger partial charge in [-0.2, -0.15) is 0 Å². The quantitative estimate of drug-likeness (QED) is 0.172. The number of anilines is 1. The van der Waals surface area contributed by atoms with Gasteiger partial charge in [0, 0.05) is 32.6 Å². The molecule has 2 aliphatic rings. The fraction of sp³-hybridized carbons (Fsp3) is 0.444. The molecule has 0 spiro atoms. The first-order valence-electron chi connectivity index (χ1n) is 16.3. The van der Waals surface area contributed by atoms with E-state index in [0.29, 0.717) is 49.4 Å². The molecule has 0 radical (unpaired) electrons. The van der Waals surface area contributed by atoms with E-state index in [1.54, 1.807) is 13.2 Å². The number of halogens is 1. The third kappa shape index (κ3) is 10.1. The van der Waals surface area contributed by atoms with E-state index in [1.165, 1.54) is 4.90 Å². The van der Waals surface area contributed by atoms with E-state index >= 15 is 0 Å². The van der Waals surface area contributed by atoms with Crippen molar-refractivity contribution in [2.75, 3.05) is 71.2 Å². The Labute approximate surface area is 291 Å². The van der Waals surface area contributed by atoms with E-state index in [-0.39, 0.29) is 19.7 Å². The minimum Gasteiger partial charge on any atom is -0.493 e. The zero-order valence-corrected chi connectivity index (χ0v) is 28.3. The Balaban J connectivity index is 1.27. The first kappa shape index (κ1) is 36.1. The summed E-state index contributed by atoms with van der Waals surface area (Å²) in [4.78, 5) is 27.1. The van der Waals surface area contributed by atoms with Gasteiger partial charge in [-0.3, -0.25) is 0 Å². The number of ether oxygens (including phenoxy) is 6. The Hall–Kier alpha value is -4.23. The number of piperidine rings is 1. The molecule has 0 bridgehead atoms. The van der Waals surface area contributed by atoms with Crippen LogP contribution in [0.15, 0.2) is 66.7 Å². The van der Waals surface area contributed by atoms with Crippen molar-refractivity contribution in [1.82, 2.24) is 4.90 Å². The molecule has 1 amide bonds. The van der Waals surface area contributed by atoms with E-state index in [4.69, 9.17) is 40.0 Å². The highest BCUT2D eigenvalue weighted by Gasteiger charge is 2.41. The lowest BCUT2D eigenvalue weighted by Gasteiger charge is -2.42. The lowest BCUT2D eigenvalue weighted by atomic mass is 9.84. The maximum atomic E-state index is 12.1. The van der Waals surface area contributed by atoms with Crippen molar-refractivity contribution < 1.29 is 48.2 Å². The van der Waals surface area contributed by atoms with Gasteiger partial charge in [0.25, 0.3) is 0 Å². The molecule has 5 rings (SSSR count). The predicted molar refractivity (Wildman–Crippen MR) is 182 cm³/mol. The Morgan fingerprint density at radius 1 is 0.918 bits per heavy atom. The second kappa shape index (κ2) is 18.0. The van der Waals surface area contributed by atoms with Gasteiger partial charge in [-0.15, -0.1) is 0 Å². The van der Waals surface area contributed by atoms with Gasteiger partial charge < -0.3 is 48.4 Å². The number of para-hydroxylation sites is 1. The van der Waals surface area contributed by atoms with Crippen molar-refractivity contribution in [3.05, 3.63) is 82.9 Å². The summed E-state index contributed by atoms with van der Waals surface area (Å²) in [5.41, 5.74) is 2.70. The van der Waals surface area contributed by atoms with Crippen LogP contribution in [0.2, 0.25) is 5.02 Å². The van der Waals surface area contributed by atoms with Gasteiger partial charge in [0.15, 0.2) is 0 Å². The number of methoxy groups -OCH3 is 1. The largest absolute Gasteiger partial charge is 0.493 e. The molecule has 3 aromatic carbocycles. The number of carboxylic acids is 1. The van der Waals surface area contributed by atoms with E-state index in [9.17, 15) is 19.8 Å². The maximum absolute atomic E-state index is 12.1. The van der Waals surface area contributed by atoms with Crippen LogP contribution in [-0.2, 0) is 25.6 Å². The highest BCUT2D eigenvalue weighted by atomic mass is 35.5. The molecule has 2 N–H and O–H groups in total. The molecule has 1 fully saturated rings. The summed E-state index contributed by atoms with van der Waals surface area (Å²) >= 11 is 6.15. The van der Waals surface area contributed by atoms with Crippen molar-refractivity contribution in [3.8, 4) is 17.2 Å². The number of benzene rings is 3. The molecule has 0 aromatic heterocycles. The summed E-state index contributed by atoms with van der Waals surface area (Å²) in [6.45, 7) is 3.45. The third-order valence-corrected chi connectivity index (χ3v) is 8.75. The summed E-state index contributed by atoms with van der Waals surface area (Å²) in [6, 6.07) is 20.6. The molecule has 1 saturated heterocycles. The van der Waals surface area contributed by atoms with E-state index in [0.717, 1.165) is 42.1 Å². The van der Waals surface area contributed by atoms with Gasteiger partial charge >= 0.3 is 12.1 Å². The lowest BCUT2D eigenvalue weighted by Crippen LogP contribution is -2.54. The molecule has 12 nitrogen and oxygen atoms in total. The predicted octanol–water partition coefficient (Wildman–Crippen LogP) is 5.56. The number of amides is 1. The zero-order valence-electron chi connectivity index (χ0n) is 27.5. The highest BCUT2D eigenvalue weighted by molar-refractivity contribution is 6.32. The van der Waals surface area contributed by atoms with E-state index < -0.39 is 36.8 Å². The Bertz CT molecular complexity index is 1520. The van der Waals surface area contributed by atoms with Crippen molar-refractivity contribution in [2.24, 2.45) is 0 Å². The van der Waals surface area contributed by atoms with Crippen molar-refractivity contribution >= 4 is 29.4 Å². The zero-order chi connectivity index (χ0) is 34.6. The number of carboxylic acid groups (broad SMARTS) is 2. The first-order valence-corrected chi connectivity index (χ1v) is 16.7. The second-order valence-electron chi connectivity index (χ2n) is 11.8. The number of likely N-dealkylation sites (tertiary alicyclic amines) is 1. The Morgan fingerprint density at radius 3 is 2.41 bits per heavy atom. The molecule has 49 heavy (non-hydrogen) atoms. The molecule has 264 valence electrons. The summed E-state index contributed by atoms with van der Waals surface area (Å²) in [7, 11) is 1.69. The van der Waals surface area contributed by atoms with Crippen LogP contribution in [0, 0.1) is 0 Å². The normalized spacial score (nSPS) is 18.8. The molecule has 2 heterocycles. The van der Waals surface area contributed by atoms with Crippen LogP contribution in [0.25, 0.3) is 0 Å². The van der Waals surface area contributed by atoms with E-state index in [2.05, 4.69) is 4.90 Å². The van der Waals surface area contributed by atoms with Crippen LogP contribution < -0.4 is 19.1 Å². The van der Waals surface area contributed by atoms with Crippen LogP contribution in [0.3, 0.4) is 0 Å². The topological polar surface area (TPSA) is 136 Å². The minimum atomic E-state index is -1.14. The van der Waals surface area contributed by atoms with Crippen LogP contribution in [0.5, 0.6) is 17.2 Å². The van der Waals surface area contributed by atoms with Crippen molar-refractivity contribution in [3.63, 3.8) is 0 Å². The molecule has 3 aromatic rings. The van der Waals surface area contributed by atoms with Crippen LogP contribution >= 0.6 is 11.6 Å². The standard InChI is InChI=1S/C36H43ClN2O10/c1-44-16-4-14-38-15-19-47-31-13-8-25(20-29(31)38)23-48-32-21-39(36(42)43)22-33(49-24-34(40)41)35(32)26-9-11-27(12-10-26)45-17-5-18-46-30-7-3-2-6-28(30)37/h2-3,6-13,20,32-33,35H,4-5,14-19,21-24H2,1H3,(H,40,41)(H,42,43)/t32-,33+,35+/m0/s1. The summed E-state index contributed by atoms with van der Waals surface area (Å²) in [5.74, 6) is 0.491. The smallest absolute Gasteiger partial charge is 0.407 e. The summed E-state index contributed by atoms with van der Waals surface area (Å²) in [6.07, 6.45) is -0.988. The highest BCUT2D eigenvalue weighted by Crippen LogP contribution is 2.36. The van der Waals surface area contributed by atoms with Gasteiger partial charge in [-0.1, -0.05) is 41.9 Å². The Kier molecular flexibility index (Phi) is 13.2. The molecule has 0 aliphatic carbocycles. The van der Waals surface area contributed by atoms with Crippen LogP contribution in [0.4, 0.5) is 10.5 Å². The molecule has 0 saturated carbocycles. The number of hydrogen-bond acceptors (Lipinski definition) is 9. The maximum Gasteiger partial charge on any atom is 0.407 e. The Morgan fingerprint density at radius 2 is 1.67 bits per heavy atom. The average molecular weight is 699 g/mol. The molecular formula is C36H43ClN2O10. The van der Waals surface area contributed by atoms with Crippen LogP contribution in [-0.4, -0.2) is 106 Å². The van der Waals surface area contributed by atoms with Crippen molar-refractivity contribution in [2.45, 2.75) is 37.6 Å². The summed E-state index contributed by atoms with van der Waals surface area (Å²) in [5, 5.41) is 19.8. The van der Waals surface area contributed by atoms with Gasteiger partial charge in [0.05, 0.1) is 62.4 Å². The number of carbonyl (C=O) groups is 2. The molecule has 2 aliphatic heterocycles. The SMILES string of the molecule is COCCCN1CCOc2ccc(CO[C@H]3CN(C(=O)O)C[C@@H](OCC(=O)O)[C@@H]3c3ccc(OCCCOc4ccccc4Cl)cc3)cc21. The number of nitrogens with zero attached hydrogens (tertiary/aromatic N) is 2. The third-order valence-electron chi connectivity index (χ3n) is 8.43. The number of fused-ring (bicyclic) bond motifs is 1. The van der Waals surface area contributed by atoms with Gasteiger partial charge in [0.1, 0.15) is 30.5 Å². The number of rotatable bonds is 17. The van der Waals surface area contributed by atoms with Crippen LogP contribution in [0.1, 0.15) is 29.9 Å². The summed E-state index contributed by atoms with van der Waals surface area (Å²) < 4.78 is 35.1. The molecule has 3 atom stereocenters. The lowest BCUT2D eigenvalue weighted by molar-refractivity contribution is -0.149.